The largest absolute Gasteiger partial charge is 0.461 e. The Morgan fingerprint density at radius 2 is 1.04 bits per heavy atom. The molecule has 13 heteroatoms. The van der Waals surface area contributed by atoms with Gasteiger partial charge in [-0.25, -0.2) is 19.2 Å². The number of aliphatic hydroxyl groups excluding tert-OH is 1. The van der Waals surface area contributed by atoms with Crippen molar-refractivity contribution in [2.24, 2.45) is 0 Å². The van der Waals surface area contributed by atoms with Crippen molar-refractivity contribution in [3.63, 3.8) is 0 Å². The Morgan fingerprint density at radius 3 is 1.52 bits per heavy atom. The van der Waals surface area contributed by atoms with Crippen LogP contribution in [0.2, 0.25) is 0 Å². The number of esters is 4. The third-order valence-electron chi connectivity index (χ3n) is 7.16. The predicted octanol–water partition coefficient (Wildman–Crippen LogP) is 5.96. The van der Waals surface area contributed by atoms with Crippen LogP contribution in [-0.4, -0.2) is 76.4 Å². The zero-order valence-corrected chi connectivity index (χ0v) is 30.5. The minimum atomic E-state index is -1.52. The highest BCUT2D eigenvalue weighted by atomic mass is 16.6. The van der Waals surface area contributed by atoms with Gasteiger partial charge in [-0.2, -0.15) is 0 Å². The van der Waals surface area contributed by atoms with Gasteiger partial charge in [0.15, 0.2) is 0 Å². The fourth-order valence-electron chi connectivity index (χ4n) is 4.30. The molecule has 3 aromatic carbocycles. The van der Waals surface area contributed by atoms with Crippen molar-refractivity contribution in [2.45, 2.75) is 19.6 Å². The van der Waals surface area contributed by atoms with E-state index >= 15 is 0 Å². The number of carbonyl (C=O) groups is 4. The van der Waals surface area contributed by atoms with Crippen LogP contribution < -0.4 is 23.7 Å². The monoisotopic (exact) mass is 742 g/mol. The molecule has 0 aromatic heterocycles. The van der Waals surface area contributed by atoms with Crippen LogP contribution in [0.3, 0.4) is 0 Å². The molecule has 0 saturated carbocycles. The van der Waals surface area contributed by atoms with E-state index in [4.69, 9.17) is 37.9 Å². The van der Waals surface area contributed by atoms with E-state index in [0.717, 1.165) is 0 Å². The van der Waals surface area contributed by atoms with Gasteiger partial charge in [0, 0.05) is 38.0 Å². The topological polar surface area (TPSA) is 162 Å². The maximum absolute atomic E-state index is 13.0. The molecule has 0 saturated heterocycles. The molecule has 13 nitrogen and oxygen atoms in total. The van der Waals surface area contributed by atoms with Gasteiger partial charge >= 0.3 is 23.9 Å². The lowest BCUT2D eigenvalue weighted by Crippen LogP contribution is -2.16. The maximum Gasteiger partial charge on any atom is 0.341 e. The van der Waals surface area contributed by atoms with E-state index in [2.05, 4.69) is 26.3 Å². The van der Waals surface area contributed by atoms with Gasteiger partial charge in [-0.15, -0.1) is 0 Å². The van der Waals surface area contributed by atoms with E-state index in [-0.39, 0.29) is 76.4 Å². The Kier molecular flexibility index (Phi) is 16.3. The number of ether oxygens (including phenoxy) is 8. The summed E-state index contributed by atoms with van der Waals surface area (Å²) in [5.74, 6) is -2.16. The maximum atomic E-state index is 13.0. The van der Waals surface area contributed by atoms with Crippen molar-refractivity contribution in [3.8, 4) is 39.9 Å². The lowest BCUT2D eigenvalue weighted by molar-refractivity contribution is -0.131. The second-order valence-corrected chi connectivity index (χ2v) is 11.4. The van der Waals surface area contributed by atoms with Gasteiger partial charge in [-0.1, -0.05) is 45.4 Å². The molecule has 0 aliphatic rings. The van der Waals surface area contributed by atoms with E-state index in [1.807, 2.05) is 0 Å². The van der Waals surface area contributed by atoms with Crippen LogP contribution in [-0.2, 0) is 33.4 Å². The molecular weight excluding hydrogens is 700 g/mol. The van der Waals surface area contributed by atoms with Crippen molar-refractivity contribution in [1.29, 1.82) is 0 Å². The smallest absolute Gasteiger partial charge is 0.341 e. The average molecular weight is 743 g/mol. The standard InChI is InChI=1S/C41H42O13/c1-9-25(2)38(43)51-33-17-15-31(16-18-33)50-37(42)19-12-30-20-36(54-41(46)28(5)24-49-8)34(21-35(30)53-40(45)27(4)23-48-7)29-10-13-32(14-11-29)52-39(44)26(3)22-47-6/h10-21,37,42H,2-5,9,22-24H2,1,6-8H3/b19-12+. The number of carbonyl (C=O) groups excluding carboxylic acids is 4. The molecule has 0 fully saturated rings. The van der Waals surface area contributed by atoms with Gasteiger partial charge in [0.2, 0.25) is 6.29 Å². The Hall–Kier alpha value is -6.12. The Morgan fingerprint density at radius 1 is 0.611 bits per heavy atom. The third-order valence-corrected chi connectivity index (χ3v) is 7.16. The summed E-state index contributed by atoms with van der Waals surface area (Å²) < 4.78 is 42.6. The number of hydrogen-bond acceptors (Lipinski definition) is 13. The fourth-order valence-corrected chi connectivity index (χ4v) is 4.30. The van der Waals surface area contributed by atoms with E-state index in [1.165, 1.54) is 82.0 Å². The summed E-state index contributed by atoms with van der Waals surface area (Å²) in [4.78, 5) is 50.4. The van der Waals surface area contributed by atoms with Crippen molar-refractivity contribution < 1.29 is 62.2 Å². The Bertz CT molecular complexity index is 1900. The Balaban J connectivity index is 2.02. The summed E-state index contributed by atoms with van der Waals surface area (Å²) in [5.41, 5.74) is 1.39. The van der Waals surface area contributed by atoms with Gasteiger partial charge in [-0.3, -0.25) is 0 Å². The van der Waals surface area contributed by atoms with Crippen molar-refractivity contribution >= 4 is 30.0 Å². The van der Waals surface area contributed by atoms with Gasteiger partial charge in [0.1, 0.15) is 28.7 Å². The molecule has 0 bridgehead atoms. The molecule has 0 spiro atoms. The molecule has 3 rings (SSSR count). The fraction of sp³-hybridized carbons (Fsp3) is 0.220. The van der Waals surface area contributed by atoms with Crippen LogP contribution in [0.4, 0.5) is 0 Å². The lowest BCUT2D eigenvalue weighted by Gasteiger charge is -2.17. The molecule has 1 atom stereocenters. The predicted molar refractivity (Wildman–Crippen MR) is 199 cm³/mol. The molecule has 0 aliphatic heterocycles. The van der Waals surface area contributed by atoms with Crippen LogP contribution in [0.1, 0.15) is 18.9 Å². The molecule has 1 N–H and O–H groups in total. The first-order valence-electron chi connectivity index (χ1n) is 16.3. The van der Waals surface area contributed by atoms with Gasteiger partial charge in [0.25, 0.3) is 0 Å². The van der Waals surface area contributed by atoms with Crippen LogP contribution in [0, 0.1) is 0 Å². The van der Waals surface area contributed by atoms with E-state index in [1.54, 1.807) is 19.1 Å². The lowest BCUT2D eigenvalue weighted by atomic mass is 10.0. The molecule has 284 valence electrons. The Labute approximate surface area is 313 Å². The SMILES string of the molecule is C=C(CC)C(=O)Oc1ccc(OC(O)/C=C/c2cc(OC(=O)C(=C)COC)c(-c3ccc(OC(=O)C(=C)COC)cc3)cc2OC(=O)C(=C)COC)cc1. The highest BCUT2D eigenvalue weighted by Crippen LogP contribution is 2.38. The minimum absolute atomic E-state index is 0.00972. The van der Waals surface area contributed by atoms with Gasteiger partial charge in [-0.05, 0) is 72.7 Å². The molecule has 0 aliphatic carbocycles. The number of methoxy groups -OCH3 is 3. The highest BCUT2D eigenvalue weighted by molar-refractivity contribution is 5.93. The van der Waals surface area contributed by atoms with Crippen LogP contribution in [0.5, 0.6) is 28.7 Å². The third kappa shape index (κ3) is 12.5. The average Bonchev–Trinajstić information content (AvgIpc) is 3.15. The van der Waals surface area contributed by atoms with Crippen LogP contribution in [0.25, 0.3) is 17.2 Å². The van der Waals surface area contributed by atoms with E-state index in [0.29, 0.717) is 17.6 Å². The quantitative estimate of drug-likeness (QED) is 0.0625. The van der Waals surface area contributed by atoms with Crippen LogP contribution in [0.15, 0.2) is 115 Å². The first-order chi connectivity index (χ1) is 25.8. The number of aliphatic hydroxyl groups is 1. The van der Waals surface area contributed by atoms with Crippen molar-refractivity contribution in [1.82, 2.24) is 0 Å². The molecular formula is C41H42O13. The van der Waals surface area contributed by atoms with Gasteiger partial charge in [0.05, 0.1) is 36.5 Å². The van der Waals surface area contributed by atoms with Gasteiger partial charge < -0.3 is 43.0 Å². The normalized spacial score (nSPS) is 11.3. The summed E-state index contributed by atoms with van der Waals surface area (Å²) in [6.07, 6.45) is 1.56. The molecule has 0 heterocycles. The zero-order valence-electron chi connectivity index (χ0n) is 30.5. The summed E-state index contributed by atoms with van der Waals surface area (Å²) in [7, 11) is 4.21. The second kappa shape index (κ2) is 20.8. The summed E-state index contributed by atoms with van der Waals surface area (Å²) in [6, 6.07) is 15.0. The summed E-state index contributed by atoms with van der Waals surface area (Å²) in [5, 5.41) is 10.7. The highest BCUT2D eigenvalue weighted by Gasteiger charge is 2.21. The van der Waals surface area contributed by atoms with E-state index < -0.39 is 30.2 Å². The zero-order chi connectivity index (χ0) is 39.8. The first-order valence-corrected chi connectivity index (χ1v) is 16.3. The molecule has 0 amide bonds. The van der Waals surface area contributed by atoms with Crippen molar-refractivity contribution in [2.75, 3.05) is 41.2 Å². The summed E-state index contributed by atoms with van der Waals surface area (Å²) in [6.45, 7) is 16.3. The number of benzene rings is 3. The number of hydrogen-bond donors (Lipinski definition) is 1. The summed E-state index contributed by atoms with van der Waals surface area (Å²) >= 11 is 0. The number of rotatable bonds is 20. The van der Waals surface area contributed by atoms with E-state index in [9.17, 15) is 24.3 Å². The second-order valence-electron chi connectivity index (χ2n) is 11.4. The van der Waals surface area contributed by atoms with Crippen LogP contribution >= 0.6 is 0 Å². The minimum Gasteiger partial charge on any atom is -0.461 e. The molecule has 3 aromatic rings. The molecule has 54 heavy (non-hydrogen) atoms. The first kappa shape index (κ1) is 42.3. The molecule has 0 radical (unpaired) electrons. The molecule has 1 unspecified atom stereocenters. The van der Waals surface area contributed by atoms with Crippen molar-refractivity contribution in [3.05, 3.63) is 121 Å².